The normalized spacial score (nSPS) is 12.1. The summed E-state index contributed by atoms with van der Waals surface area (Å²) in [5, 5.41) is 27.2. The van der Waals surface area contributed by atoms with E-state index in [1.54, 1.807) is 0 Å². The third kappa shape index (κ3) is 8.30. The Morgan fingerprint density at radius 1 is 0.172 bits per heavy atom. The fourth-order valence-electron chi connectivity index (χ4n) is 17.3. The highest BCUT2D eigenvalue weighted by Crippen LogP contribution is 2.49. The van der Waals surface area contributed by atoms with Gasteiger partial charge in [0.25, 0.3) is 0 Å². The van der Waals surface area contributed by atoms with Crippen LogP contribution < -0.4 is 0 Å². The van der Waals surface area contributed by atoms with Crippen molar-refractivity contribution in [3.8, 4) is 67.0 Å². The van der Waals surface area contributed by atoms with Crippen molar-refractivity contribution in [1.29, 1.82) is 0 Å². The summed E-state index contributed by atoms with van der Waals surface area (Å²) in [4.78, 5) is 0. The number of aromatic nitrogens is 2. The van der Waals surface area contributed by atoms with E-state index in [-0.39, 0.29) is 0 Å². The summed E-state index contributed by atoms with van der Waals surface area (Å²) >= 11 is 0. The van der Waals surface area contributed by atoms with Crippen LogP contribution in [0.25, 0.3) is 208 Å². The second-order valence-corrected chi connectivity index (χ2v) is 27.0. The molecule has 21 aromatic rings. The molecule has 0 unspecified atom stereocenters. The van der Waals surface area contributed by atoms with Crippen LogP contribution in [-0.2, 0) is 0 Å². The molecule has 458 valence electrons. The van der Waals surface area contributed by atoms with Gasteiger partial charge in [-0.15, -0.1) is 0 Å². The molecule has 99 heavy (non-hydrogen) atoms. The number of hydrogen-bond acceptors (Lipinski definition) is 0. The number of aryl methyl sites for hydroxylation is 1. The van der Waals surface area contributed by atoms with Crippen LogP contribution in [0.15, 0.2) is 346 Å². The SMILES string of the molecule is Cc1ccc(-c2c3ccccc3c(-c3ccc(-n4c5c6ccccc6ccc5c5ccc6cc(-c7ccc8c(ccc9c%10ccc%11ccccc%11c%10n(-c%10ccc(-c%11c%12ccccc%12c(-c%12cccc%13ccccc%12%13)c%12ccccc%11%12)cc%10)c89)c7)ccc6c54)cc3)c3ccccc23)cc1. The molecule has 0 saturated heterocycles. The minimum atomic E-state index is 1.13. The maximum atomic E-state index is 2.55. The largest absolute Gasteiger partial charge is 0.308 e. The van der Waals surface area contributed by atoms with Gasteiger partial charge in [0, 0.05) is 54.5 Å². The summed E-state index contributed by atoms with van der Waals surface area (Å²) in [5.41, 5.74) is 20.7. The van der Waals surface area contributed by atoms with E-state index >= 15 is 0 Å². The molecule has 0 atom stereocenters. The third-order valence-corrected chi connectivity index (χ3v) is 21.7. The van der Waals surface area contributed by atoms with E-state index < -0.39 is 0 Å². The van der Waals surface area contributed by atoms with Crippen molar-refractivity contribution in [2.75, 3.05) is 0 Å². The van der Waals surface area contributed by atoms with E-state index in [0.29, 0.717) is 0 Å². The van der Waals surface area contributed by atoms with Gasteiger partial charge in [0.1, 0.15) is 0 Å². The highest BCUT2D eigenvalue weighted by atomic mass is 15.0. The minimum absolute atomic E-state index is 1.13. The summed E-state index contributed by atoms with van der Waals surface area (Å²) < 4.78 is 5.09. The van der Waals surface area contributed by atoms with Crippen LogP contribution in [0.3, 0.4) is 0 Å². The van der Waals surface area contributed by atoms with Crippen LogP contribution in [-0.4, -0.2) is 9.13 Å². The van der Waals surface area contributed by atoms with E-state index in [4.69, 9.17) is 0 Å². The van der Waals surface area contributed by atoms with Crippen molar-refractivity contribution >= 4 is 141 Å². The standard InChI is InChI=1S/C97H60N2/c1-59-33-35-63(36-34-59)90-78-24-8-10-26-80(78)91(81-27-11-9-25-79(81)90)64-37-47-70(48-38-64)98-94-73-22-6-3-18-61(73)41-53-86(94)88-55-45-68-57-66(43-51-75(68)96(88)98)67-44-52-76-69(58-67)46-56-89-87-54-42-62-19-4-7-23-74(62)95(87)99(97(76)89)71-49-39-65(40-50-71)92-82-28-12-14-30-84(82)93(85-31-15-13-29-83(85)92)77-32-16-20-60-17-2-5-21-72(60)77/h2-58H,1H3. The minimum Gasteiger partial charge on any atom is -0.308 e. The Morgan fingerprint density at radius 2 is 0.434 bits per heavy atom. The van der Waals surface area contributed by atoms with Crippen LogP contribution in [0.5, 0.6) is 0 Å². The molecule has 0 N–H and O–H groups in total. The molecule has 2 aromatic heterocycles. The molecule has 0 spiro atoms. The fourth-order valence-corrected chi connectivity index (χ4v) is 17.3. The molecule has 0 aliphatic heterocycles. The smallest absolute Gasteiger partial charge is 0.0619 e. The second kappa shape index (κ2) is 21.6. The Morgan fingerprint density at radius 3 is 0.808 bits per heavy atom. The number of fused-ring (bicyclic) bond motifs is 19. The molecule has 0 amide bonds. The molecule has 21 rings (SSSR count). The number of benzene rings is 19. The van der Waals surface area contributed by atoms with Gasteiger partial charge >= 0.3 is 0 Å². The second-order valence-electron chi connectivity index (χ2n) is 27.0. The molecular formula is C97H60N2. The maximum absolute atomic E-state index is 2.55. The first-order valence-corrected chi connectivity index (χ1v) is 34.5. The number of nitrogens with zero attached hydrogens (tertiary/aromatic N) is 2. The van der Waals surface area contributed by atoms with Crippen LogP contribution in [0.4, 0.5) is 0 Å². The first-order valence-electron chi connectivity index (χ1n) is 34.5. The quantitative estimate of drug-likeness (QED) is 0.141. The fraction of sp³-hybridized carbons (Fsp3) is 0.0103. The topological polar surface area (TPSA) is 9.86 Å². The first kappa shape index (κ1) is 55.4. The lowest BCUT2D eigenvalue weighted by molar-refractivity contribution is 1.19. The van der Waals surface area contributed by atoms with Gasteiger partial charge in [-0.05, 0) is 174 Å². The van der Waals surface area contributed by atoms with Gasteiger partial charge in [0.2, 0.25) is 0 Å². The van der Waals surface area contributed by atoms with Crippen molar-refractivity contribution in [1.82, 2.24) is 9.13 Å². The van der Waals surface area contributed by atoms with Gasteiger partial charge in [-0.3, -0.25) is 0 Å². The molecule has 2 nitrogen and oxygen atoms in total. The first-order chi connectivity index (χ1) is 49.0. The van der Waals surface area contributed by atoms with E-state index in [2.05, 4.69) is 362 Å². The van der Waals surface area contributed by atoms with Crippen molar-refractivity contribution in [3.05, 3.63) is 351 Å². The van der Waals surface area contributed by atoms with E-state index in [0.717, 1.165) is 11.4 Å². The Balaban J connectivity index is 0.701. The molecule has 19 aromatic carbocycles. The van der Waals surface area contributed by atoms with Crippen molar-refractivity contribution in [2.24, 2.45) is 0 Å². The van der Waals surface area contributed by atoms with Crippen LogP contribution in [0, 0.1) is 6.92 Å². The highest BCUT2D eigenvalue weighted by Gasteiger charge is 2.24. The Bertz CT molecular complexity index is 6880. The molecule has 0 saturated carbocycles. The lowest BCUT2D eigenvalue weighted by Gasteiger charge is -2.19. The van der Waals surface area contributed by atoms with Crippen molar-refractivity contribution < 1.29 is 0 Å². The molecule has 2 heteroatoms. The number of rotatable bonds is 7. The van der Waals surface area contributed by atoms with Gasteiger partial charge in [0.05, 0.1) is 22.1 Å². The zero-order valence-electron chi connectivity index (χ0n) is 54.3. The summed E-state index contributed by atoms with van der Waals surface area (Å²) in [6, 6.07) is 130. The maximum Gasteiger partial charge on any atom is 0.0619 e. The summed E-state index contributed by atoms with van der Waals surface area (Å²) in [5.74, 6) is 0. The van der Waals surface area contributed by atoms with Crippen molar-refractivity contribution in [2.45, 2.75) is 6.92 Å². The van der Waals surface area contributed by atoms with E-state index in [1.165, 1.54) is 202 Å². The zero-order valence-corrected chi connectivity index (χ0v) is 54.3. The van der Waals surface area contributed by atoms with Gasteiger partial charge in [-0.25, -0.2) is 0 Å². The van der Waals surface area contributed by atoms with Crippen LogP contribution in [0.1, 0.15) is 5.56 Å². The lowest BCUT2D eigenvalue weighted by Crippen LogP contribution is -1.96. The molecule has 0 aliphatic rings. The summed E-state index contributed by atoms with van der Waals surface area (Å²) in [6.45, 7) is 2.16. The molecule has 0 aliphatic carbocycles. The Kier molecular flexibility index (Phi) is 12.1. The van der Waals surface area contributed by atoms with Crippen LogP contribution >= 0.6 is 0 Å². The molecule has 0 bridgehead atoms. The Labute approximate surface area is 571 Å². The van der Waals surface area contributed by atoms with Gasteiger partial charge < -0.3 is 9.13 Å². The van der Waals surface area contributed by atoms with E-state index in [9.17, 15) is 0 Å². The number of hydrogen-bond donors (Lipinski definition) is 0. The average Bonchev–Trinajstić information content (AvgIpc) is 1.71. The predicted octanol–water partition coefficient (Wildman–Crippen LogP) is 26.9. The summed E-state index contributed by atoms with van der Waals surface area (Å²) in [6.07, 6.45) is 0. The predicted molar refractivity (Wildman–Crippen MR) is 425 cm³/mol. The molecule has 2 heterocycles. The van der Waals surface area contributed by atoms with Crippen molar-refractivity contribution in [3.63, 3.8) is 0 Å². The average molecular weight is 1250 g/mol. The highest BCUT2D eigenvalue weighted by molar-refractivity contribution is 6.28. The van der Waals surface area contributed by atoms with Crippen LogP contribution in [0.2, 0.25) is 0 Å². The van der Waals surface area contributed by atoms with Gasteiger partial charge in [0.15, 0.2) is 0 Å². The Hall–Kier alpha value is -12.9. The lowest BCUT2D eigenvalue weighted by atomic mass is 9.85. The molecule has 0 radical (unpaired) electrons. The molecule has 0 fully saturated rings. The zero-order chi connectivity index (χ0) is 65.0. The van der Waals surface area contributed by atoms with E-state index in [1.807, 2.05) is 0 Å². The third-order valence-electron chi connectivity index (χ3n) is 21.7. The van der Waals surface area contributed by atoms with Gasteiger partial charge in [-0.2, -0.15) is 0 Å². The monoisotopic (exact) mass is 1250 g/mol. The molecular weight excluding hydrogens is 1190 g/mol. The van der Waals surface area contributed by atoms with Gasteiger partial charge in [-0.1, -0.05) is 315 Å². The summed E-state index contributed by atoms with van der Waals surface area (Å²) in [7, 11) is 0.